The normalized spacial score (nSPS) is 12.0. The van der Waals surface area contributed by atoms with Gasteiger partial charge >= 0.3 is 12.0 Å². The van der Waals surface area contributed by atoms with E-state index in [-0.39, 0.29) is 17.6 Å². The molecule has 5 nitrogen and oxygen atoms in total. The second-order valence-corrected chi connectivity index (χ2v) is 5.82. The van der Waals surface area contributed by atoms with Crippen LogP contribution in [0.3, 0.4) is 0 Å². The second-order valence-electron chi connectivity index (χ2n) is 4.96. The quantitative estimate of drug-likeness (QED) is 0.717. The molecule has 1 atom stereocenters. The average Bonchev–Trinajstić information content (AvgIpc) is 2.42. The fourth-order valence-corrected chi connectivity index (χ4v) is 2.58. The Morgan fingerprint density at radius 3 is 2.43 bits per heavy atom. The molecule has 1 aromatic carbocycles. The van der Waals surface area contributed by atoms with Crippen LogP contribution < -0.4 is 10.6 Å². The van der Waals surface area contributed by atoms with Gasteiger partial charge in [0.05, 0.1) is 11.3 Å². The summed E-state index contributed by atoms with van der Waals surface area (Å²) in [5.41, 5.74) is 0.561. The summed E-state index contributed by atoms with van der Waals surface area (Å²) in [5, 5.41) is 14.5. The molecule has 0 bridgehead atoms. The van der Waals surface area contributed by atoms with Gasteiger partial charge in [-0.1, -0.05) is 26.7 Å². The van der Waals surface area contributed by atoms with E-state index in [1.807, 2.05) is 6.92 Å². The summed E-state index contributed by atoms with van der Waals surface area (Å²) in [6.45, 7) is 6.16. The molecular weight excluding hydrogens is 336 g/mol. The first-order valence-corrected chi connectivity index (χ1v) is 7.78. The fraction of sp³-hybridized carbons (Fsp3) is 0.467. The number of nitrogens with one attached hydrogen (secondary N) is 2. The topological polar surface area (TPSA) is 78.4 Å². The Bertz CT molecular complexity index is 516. The predicted octanol–water partition coefficient (Wildman–Crippen LogP) is 4.09. The maximum absolute atomic E-state index is 12.0. The van der Waals surface area contributed by atoms with Crippen molar-refractivity contribution in [1.29, 1.82) is 0 Å². The third kappa shape index (κ3) is 5.04. The highest BCUT2D eigenvalue weighted by Gasteiger charge is 2.16. The van der Waals surface area contributed by atoms with E-state index in [9.17, 15) is 9.59 Å². The molecule has 0 aliphatic rings. The first-order chi connectivity index (χ1) is 9.88. The average molecular weight is 357 g/mol. The Labute approximate surface area is 133 Å². The first-order valence-electron chi connectivity index (χ1n) is 6.99. The van der Waals surface area contributed by atoms with Crippen LogP contribution in [-0.2, 0) is 0 Å². The highest BCUT2D eigenvalue weighted by atomic mass is 79.9. The second kappa shape index (κ2) is 8.02. The summed E-state index contributed by atoms with van der Waals surface area (Å²) < 4.78 is 0.637. The monoisotopic (exact) mass is 356 g/mol. The number of carboxylic acid groups (broad SMARTS) is 1. The molecule has 0 saturated carbocycles. The number of hydrogen-bond acceptors (Lipinski definition) is 2. The summed E-state index contributed by atoms with van der Waals surface area (Å²) in [7, 11) is 0. The lowest BCUT2D eigenvalue weighted by atomic mass is 9.96. The maximum atomic E-state index is 12.0. The molecule has 0 fully saturated rings. The summed E-state index contributed by atoms with van der Waals surface area (Å²) >= 11 is 3.30. The van der Waals surface area contributed by atoms with Crippen molar-refractivity contribution < 1.29 is 14.7 Å². The lowest BCUT2D eigenvalue weighted by Gasteiger charge is -2.22. The van der Waals surface area contributed by atoms with Gasteiger partial charge in [0.1, 0.15) is 0 Å². The van der Waals surface area contributed by atoms with Gasteiger partial charge in [-0.3, -0.25) is 0 Å². The highest BCUT2D eigenvalue weighted by molar-refractivity contribution is 9.10. The Balaban J connectivity index is 2.75. The SMILES string of the molecule is CCC(CC)C(C)NC(=O)Nc1cc(C(=O)O)ccc1Br. The highest BCUT2D eigenvalue weighted by Crippen LogP contribution is 2.23. The molecule has 1 rings (SSSR count). The van der Waals surface area contributed by atoms with Gasteiger partial charge in [-0.05, 0) is 47.0 Å². The van der Waals surface area contributed by atoms with Crippen LogP contribution in [-0.4, -0.2) is 23.1 Å². The third-order valence-corrected chi connectivity index (χ3v) is 4.27. The van der Waals surface area contributed by atoms with Gasteiger partial charge in [-0.25, -0.2) is 9.59 Å². The Kier molecular flexibility index (Phi) is 6.68. The number of carboxylic acids is 1. The van der Waals surface area contributed by atoms with Crippen molar-refractivity contribution >= 4 is 33.6 Å². The molecule has 21 heavy (non-hydrogen) atoms. The summed E-state index contributed by atoms with van der Waals surface area (Å²) in [4.78, 5) is 23.0. The van der Waals surface area contributed by atoms with Gasteiger partial charge in [-0.2, -0.15) is 0 Å². The van der Waals surface area contributed by atoms with Crippen LogP contribution in [0.5, 0.6) is 0 Å². The van der Waals surface area contributed by atoms with E-state index in [4.69, 9.17) is 5.11 Å². The van der Waals surface area contributed by atoms with Crippen molar-refractivity contribution in [2.45, 2.75) is 39.7 Å². The minimum Gasteiger partial charge on any atom is -0.478 e. The molecule has 0 radical (unpaired) electrons. The number of halogens is 1. The number of aromatic carboxylic acids is 1. The van der Waals surface area contributed by atoms with Crippen molar-refractivity contribution in [3.05, 3.63) is 28.2 Å². The van der Waals surface area contributed by atoms with E-state index in [1.165, 1.54) is 12.1 Å². The molecule has 1 aromatic rings. The van der Waals surface area contributed by atoms with E-state index in [1.54, 1.807) is 6.07 Å². The number of anilines is 1. The van der Waals surface area contributed by atoms with Crippen LogP contribution in [0.15, 0.2) is 22.7 Å². The number of hydrogen-bond donors (Lipinski definition) is 3. The number of benzene rings is 1. The summed E-state index contributed by atoms with van der Waals surface area (Å²) in [6.07, 6.45) is 1.99. The van der Waals surface area contributed by atoms with Gasteiger partial charge in [0, 0.05) is 10.5 Å². The van der Waals surface area contributed by atoms with E-state index < -0.39 is 5.97 Å². The largest absolute Gasteiger partial charge is 0.478 e. The van der Waals surface area contributed by atoms with Gasteiger partial charge in [0.2, 0.25) is 0 Å². The number of rotatable bonds is 6. The number of carbonyl (C=O) groups excluding carboxylic acids is 1. The molecule has 0 spiro atoms. The van der Waals surface area contributed by atoms with Crippen molar-refractivity contribution in [2.24, 2.45) is 5.92 Å². The molecule has 2 amide bonds. The molecule has 0 aliphatic heterocycles. The van der Waals surface area contributed by atoms with Gasteiger partial charge < -0.3 is 15.7 Å². The molecule has 0 aromatic heterocycles. The zero-order valence-corrected chi connectivity index (χ0v) is 14.0. The predicted molar refractivity (Wildman–Crippen MR) is 86.8 cm³/mol. The molecule has 6 heteroatoms. The van der Waals surface area contributed by atoms with E-state index >= 15 is 0 Å². The van der Waals surface area contributed by atoms with Gasteiger partial charge in [0.15, 0.2) is 0 Å². The zero-order valence-electron chi connectivity index (χ0n) is 12.4. The molecule has 1 unspecified atom stereocenters. The minimum atomic E-state index is -1.03. The lowest BCUT2D eigenvalue weighted by Crippen LogP contribution is -2.40. The van der Waals surface area contributed by atoms with Crippen LogP contribution >= 0.6 is 15.9 Å². The zero-order chi connectivity index (χ0) is 16.0. The van der Waals surface area contributed by atoms with Crippen LogP contribution in [0.25, 0.3) is 0 Å². The lowest BCUT2D eigenvalue weighted by molar-refractivity contribution is 0.0697. The van der Waals surface area contributed by atoms with E-state index in [0.717, 1.165) is 12.8 Å². The number of carbonyl (C=O) groups is 2. The van der Waals surface area contributed by atoms with Crippen molar-refractivity contribution in [3.63, 3.8) is 0 Å². The van der Waals surface area contributed by atoms with Crippen molar-refractivity contribution in [1.82, 2.24) is 5.32 Å². The molecule has 116 valence electrons. The Morgan fingerprint density at radius 2 is 1.90 bits per heavy atom. The molecule has 0 aliphatic carbocycles. The van der Waals surface area contributed by atoms with Crippen LogP contribution in [0, 0.1) is 5.92 Å². The molecule has 3 N–H and O–H groups in total. The van der Waals surface area contributed by atoms with E-state index in [2.05, 4.69) is 40.4 Å². The summed E-state index contributed by atoms with van der Waals surface area (Å²) in [6, 6.07) is 4.22. The third-order valence-electron chi connectivity index (χ3n) is 3.58. The smallest absolute Gasteiger partial charge is 0.335 e. The standard InChI is InChI=1S/C15H21BrN2O3/c1-4-10(5-2)9(3)17-15(21)18-13-8-11(14(19)20)6-7-12(13)16/h6-10H,4-5H2,1-3H3,(H,19,20)(H2,17,18,21). The van der Waals surface area contributed by atoms with Crippen LogP contribution in [0.2, 0.25) is 0 Å². The number of urea groups is 1. The van der Waals surface area contributed by atoms with Crippen molar-refractivity contribution in [3.8, 4) is 0 Å². The molecule has 0 saturated heterocycles. The molecule has 0 heterocycles. The fourth-order valence-electron chi connectivity index (χ4n) is 2.23. The number of amides is 2. The van der Waals surface area contributed by atoms with Gasteiger partial charge in [-0.15, -0.1) is 0 Å². The Hall–Kier alpha value is -1.56. The maximum Gasteiger partial charge on any atom is 0.335 e. The minimum absolute atomic E-state index is 0.0569. The van der Waals surface area contributed by atoms with Gasteiger partial charge in [0.25, 0.3) is 0 Å². The van der Waals surface area contributed by atoms with Crippen LogP contribution in [0.1, 0.15) is 44.0 Å². The van der Waals surface area contributed by atoms with Crippen LogP contribution in [0.4, 0.5) is 10.5 Å². The van der Waals surface area contributed by atoms with E-state index in [0.29, 0.717) is 16.1 Å². The van der Waals surface area contributed by atoms with Crippen molar-refractivity contribution in [2.75, 3.05) is 5.32 Å². The first kappa shape index (κ1) is 17.5. The summed E-state index contributed by atoms with van der Waals surface area (Å²) in [5.74, 6) is -0.610. The molecular formula is C15H21BrN2O3. The Morgan fingerprint density at radius 1 is 1.29 bits per heavy atom.